The molecular formula is C9H5ClN4O2. The van der Waals surface area contributed by atoms with Crippen LogP contribution in [0.5, 0.6) is 0 Å². The Hall–Kier alpha value is -2.08. The highest BCUT2D eigenvalue weighted by atomic mass is 35.5. The fraction of sp³-hybridized carbons (Fsp3) is 0. The molecule has 2 heterocycles. The molecule has 0 radical (unpaired) electrons. The van der Waals surface area contributed by atoms with Gasteiger partial charge >= 0.3 is 6.01 Å². The van der Waals surface area contributed by atoms with Crippen LogP contribution in [0.25, 0.3) is 11.1 Å². The standard InChI is InChI=1S/C9H5ClN4O2/c10-5-1-8-7(12-4-15-8)2-6(5)14-9-11-3-13-16-9/h1-4H,(H,11,13,14). The number of anilines is 2. The van der Waals surface area contributed by atoms with Crippen molar-refractivity contribution in [3.05, 3.63) is 29.9 Å². The highest BCUT2D eigenvalue weighted by Gasteiger charge is 2.08. The topological polar surface area (TPSA) is 77.0 Å². The van der Waals surface area contributed by atoms with Crippen molar-refractivity contribution >= 4 is 34.4 Å². The highest BCUT2D eigenvalue weighted by Crippen LogP contribution is 2.29. The average Bonchev–Trinajstić information content (AvgIpc) is 2.89. The second-order valence-corrected chi connectivity index (χ2v) is 3.43. The number of oxazole rings is 1. The molecule has 0 amide bonds. The van der Waals surface area contributed by atoms with Crippen molar-refractivity contribution in [1.29, 1.82) is 0 Å². The Morgan fingerprint density at radius 1 is 1.25 bits per heavy atom. The number of hydrogen-bond acceptors (Lipinski definition) is 6. The molecule has 80 valence electrons. The fourth-order valence-electron chi connectivity index (χ4n) is 1.32. The summed E-state index contributed by atoms with van der Waals surface area (Å²) in [6.45, 7) is 0. The van der Waals surface area contributed by atoms with Crippen molar-refractivity contribution in [2.24, 2.45) is 0 Å². The van der Waals surface area contributed by atoms with Crippen LogP contribution in [0.3, 0.4) is 0 Å². The predicted octanol–water partition coefficient (Wildman–Crippen LogP) is 2.61. The van der Waals surface area contributed by atoms with Gasteiger partial charge in [-0.3, -0.25) is 0 Å². The summed E-state index contributed by atoms with van der Waals surface area (Å²) in [5.74, 6) is 0. The van der Waals surface area contributed by atoms with Crippen LogP contribution in [0.4, 0.5) is 11.7 Å². The SMILES string of the molecule is Clc1cc2ocnc2cc1Nc1ncno1. The maximum Gasteiger partial charge on any atom is 0.325 e. The molecule has 0 saturated heterocycles. The summed E-state index contributed by atoms with van der Waals surface area (Å²) in [6, 6.07) is 3.68. The molecule has 0 atom stereocenters. The smallest absolute Gasteiger partial charge is 0.325 e. The van der Waals surface area contributed by atoms with Crippen LogP contribution < -0.4 is 5.32 Å². The van der Waals surface area contributed by atoms with Crippen LogP contribution in [0, 0.1) is 0 Å². The minimum atomic E-state index is 0.268. The van der Waals surface area contributed by atoms with Gasteiger partial charge in [-0.25, -0.2) is 4.98 Å². The second kappa shape index (κ2) is 3.49. The Morgan fingerprint density at radius 3 is 3.00 bits per heavy atom. The lowest BCUT2D eigenvalue weighted by Crippen LogP contribution is -1.91. The van der Waals surface area contributed by atoms with Gasteiger partial charge in [0, 0.05) is 6.07 Å². The van der Waals surface area contributed by atoms with E-state index in [0.717, 1.165) is 0 Å². The van der Waals surface area contributed by atoms with Gasteiger partial charge in [-0.15, -0.1) is 0 Å². The number of nitrogens with one attached hydrogen (secondary N) is 1. The van der Waals surface area contributed by atoms with Crippen LogP contribution >= 0.6 is 11.6 Å². The van der Waals surface area contributed by atoms with Gasteiger partial charge in [0.05, 0.1) is 10.7 Å². The molecule has 6 nitrogen and oxygen atoms in total. The van der Waals surface area contributed by atoms with Gasteiger partial charge in [0.15, 0.2) is 18.3 Å². The number of hydrogen-bond donors (Lipinski definition) is 1. The Morgan fingerprint density at radius 2 is 2.19 bits per heavy atom. The summed E-state index contributed by atoms with van der Waals surface area (Å²) >= 11 is 6.04. The number of rotatable bonds is 2. The van der Waals surface area contributed by atoms with Crippen LogP contribution in [-0.4, -0.2) is 15.1 Å². The van der Waals surface area contributed by atoms with Crippen LogP contribution in [0.2, 0.25) is 5.02 Å². The first-order valence-electron chi connectivity index (χ1n) is 4.39. The Kier molecular flexibility index (Phi) is 2.00. The molecule has 2 aromatic heterocycles. The minimum absolute atomic E-state index is 0.268. The van der Waals surface area contributed by atoms with E-state index in [1.54, 1.807) is 12.1 Å². The minimum Gasteiger partial charge on any atom is -0.443 e. The van der Waals surface area contributed by atoms with E-state index in [1.807, 2.05) is 0 Å². The van der Waals surface area contributed by atoms with Crippen molar-refractivity contribution in [3.8, 4) is 0 Å². The number of fused-ring (bicyclic) bond motifs is 1. The van der Waals surface area contributed by atoms with E-state index in [2.05, 4.69) is 20.4 Å². The second-order valence-electron chi connectivity index (χ2n) is 3.02. The molecule has 0 aliphatic carbocycles. The molecule has 0 bridgehead atoms. The van der Waals surface area contributed by atoms with E-state index in [-0.39, 0.29) is 6.01 Å². The number of aromatic nitrogens is 3. The summed E-state index contributed by atoms with van der Waals surface area (Å²) < 4.78 is 9.93. The third-order valence-corrected chi connectivity index (χ3v) is 2.34. The van der Waals surface area contributed by atoms with Crippen molar-refractivity contribution in [2.75, 3.05) is 5.32 Å². The Bertz CT molecular complexity index is 620. The molecule has 0 aliphatic rings. The van der Waals surface area contributed by atoms with Gasteiger partial charge < -0.3 is 14.3 Å². The number of halogens is 1. The third-order valence-electron chi connectivity index (χ3n) is 2.02. The van der Waals surface area contributed by atoms with E-state index in [0.29, 0.717) is 21.8 Å². The fourth-order valence-corrected chi connectivity index (χ4v) is 1.52. The molecule has 16 heavy (non-hydrogen) atoms. The molecule has 1 aromatic carbocycles. The van der Waals surface area contributed by atoms with Crippen LogP contribution in [-0.2, 0) is 0 Å². The Balaban J connectivity index is 2.05. The Labute approximate surface area is 94.2 Å². The summed E-state index contributed by atoms with van der Waals surface area (Å²) in [7, 11) is 0. The molecule has 0 saturated carbocycles. The van der Waals surface area contributed by atoms with Crippen molar-refractivity contribution in [2.45, 2.75) is 0 Å². The van der Waals surface area contributed by atoms with Gasteiger partial charge in [-0.2, -0.15) is 4.98 Å². The normalized spacial score (nSPS) is 10.8. The van der Waals surface area contributed by atoms with E-state index in [4.69, 9.17) is 20.5 Å². The van der Waals surface area contributed by atoms with Crippen molar-refractivity contribution in [3.63, 3.8) is 0 Å². The van der Waals surface area contributed by atoms with E-state index < -0.39 is 0 Å². The first-order chi connectivity index (χ1) is 7.83. The van der Waals surface area contributed by atoms with Gasteiger partial charge in [0.25, 0.3) is 0 Å². The summed E-state index contributed by atoms with van der Waals surface area (Å²) in [5, 5.41) is 6.84. The highest BCUT2D eigenvalue weighted by molar-refractivity contribution is 6.34. The summed E-state index contributed by atoms with van der Waals surface area (Å²) in [6.07, 6.45) is 2.66. The lowest BCUT2D eigenvalue weighted by molar-refractivity contribution is 0.433. The summed E-state index contributed by atoms with van der Waals surface area (Å²) in [5.41, 5.74) is 1.96. The monoisotopic (exact) mass is 236 g/mol. The molecule has 0 spiro atoms. The van der Waals surface area contributed by atoms with Gasteiger partial charge in [-0.05, 0) is 6.07 Å². The maximum absolute atomic E-state index is 6.04. The van der Waals surface area contributed by atoms with Gasteiger partial charge in [0.1, 0.15) is 5.52 Å². The zero-order chi connectivity index (χ0) is 11.0. The number of benzene rings is 1. The largest absolute Gasteiger partial charge is 0.443 e. The van der Waals surface area contributed by atoms with Crippen molar-refractivity contribution < 1.29 is 8.94 Å². The lowest BCUT2D eigenvalue weighted by Gasteiger charge is -2.02. The van der Waals surface area contributed by atoms with E-state index >= 15 is 0 Å². The van der Waals surface area contributed by atoms with E-state index in [9.17, 15) is 0 Å². The number of nitrogens with zero attached hydrogens (tertiary/aromatic N) is 3. The van der Waals surface area contributed by atoms with Gasteiger partial charge in [0.2, 0.25) is 0 Å². The average molecular weight is 237 g/mol. The molecule has 0 unspecified atom stereocenters. The molecule has 3 aromatic rings. The molecule has 0 aliphatic heterocycles. The first kappa shape index (κ1) is 9.17. The predicted molar refractivity (Wildman–Crippen MR) is 56.6 cm³/mol. The quantitative estimate of drug-likeness (QED) is 0.737. The van der Waals surface area contributed by atoms with Crippen molar-refractivity contribution in [1.82, 2.24) is 15.1 Å². The molecule has 3 rings (SSSR count). The lowest BCUT2D eigenvalue weighted by atomic mass is 10.3. The third kappa shape index (κ3) is 1.49. The van der Waals surface area contributed by atoms with E-state index in [1.165, 1.54) is 12.7 Å². The molecule has 7 heteroatoms. The molecule has 0 fully saturated rings. The first-order valence-corrected chi connectivity index (χ1v) is 4.77. The van der Waals surface area contributed by atoms with Crippen LogP contribution in [0.1, 0.15) is 0 Å². The molecule has 1 N–H and O–H groups in total. The molecular weight excluding hydrogens is 232 g/mol. The maximum atomic E-state index is 6.04. The summed E-state index contributed by atoms with van der Waals surface area (Å²) in [4.78, 5) is 7.85. The van der Waals surface area contributed by atoms with Gasteiger partial charge in [-0.1, -0.05) is 16.8 Å². The zero-order valence-electron chi connectivity index (χ0n) is 7.85. The zero-order valence-corrected chi connectivity index (χ0v) is 8.60. The van der Waals surface area contributed by atoms with Crippen LogP contribution in [0.15, 0.2) is 33.8 Å².